The van der Waals surface area contributed by atoms with E-state index in [0.29, 0.717) is 18.0 Å². The van der Waals surface area contributed by atoms with Gasteiger partial charge in [-0.2, -0.15) is 0 Å². The van der Waals surface area contributed by atoms with E-state index < -0.39 is 0 Å². The highest BCUT2D eigenvalue weighted by Crippen LogP contribution is 2.38. The van der Waals surface area contributed by atoms with Crippen molar-refractivity contribution in [2.24, 2.45) is 5.73 Å². The topological polar surface area (TPSA) is 57.4 Å². The van der Waals surface area contributed by atoms with Crippen LogP contribution in [-0.4, -0.2) is 19.2 Å². The smallest absolute Gasteiger partial charge is 0.170 e. The van der Waals surface area contributed by atoms with E-state index in [9.17, 15) is 0 Å². The molecule has 0 radical (unpaired) electrons. The number of hydrogen-bond acceptors (Lipinski definition) is 4. The molecule has 2 rings (SSSR count). The lowest BCUT2D eigenvalue weighted by Gasteiger charge is -2.14. The van der Waals surface area contributed by atoms with Gasteiger partial charge in [-0.25, -0.2) is 0 Å². The fraction of sp³-hybridized carbons (Fsp3) is 0.214. The van der Waals surface area contributed by atoms with Gasteiger partial charge in [-0.05, 0) is 29.8 Å². The molecule has 0 bridgehead atoms. The van der Waals surface area contributed by atoms with Gasteiger partial charge < -0.3 is 15.2 Å². The minimum absolute atomic E-state index is 0.445. The van der Waals surface area contributed by atoms with Crippen molar-refractivity contribution in [3.8, 4) is 22.8 Å². The maximum Gasteiger partial charge on any atom is 0.170 e. The molecule has 1 aromatic heterocycles. The second-order valence-electron chi connectivity index (χ2n) is 3.80. The van der Waals surface area contributed by atoms with Crippen molar-refractivity contribution in [1.82, 2.24) is 4.98 Å². The van der Waals surface area contributed by atoms with Gasteiger partial charge in [-0.1, -0.05) is 6.07 Å². The standard InChI is InChI=1S/C14H16N2O2/c1-17-13-8-10(9-15)7-11(14(13)18-2)12-5-3-4-6-16-12/h3-8H,9,15H2,1-2H3. The molecule has 0 saturated heterocycles. The summed E-state index contributed by atoms with van der Waals surface area (Å²) in [6.45, 7) is 0.445. The summed E-state index contributed by atoms with van der Waals surface area (Å²) < 4.78 is 10.7. The summed E-state index contributed by atoms with van der Waals surface area (Å²) in [4.78, 5) is 4.33. The third kappa shape index (κ3) is 2.28. The van der Waals surface area contributed by atoms with Crippen molar-refractivity contribution in [2.45, 2.75) is 6.54 Å². The molecule has 0 fully saturated rings. The molecule has 1 aromatic carbocycles. The van der Waals surface area contributed by atoms with Crippen molar-refractivity contribution in [3.05, 3.63) is 42.1 Å². The predicted octanol–water partition coefficient (Wildman–Crippen LogP) is 2.22. The van der Waals surface area contributed by atoms with E-state index in [2.05, 4.69) is 4.98 Å². The third-order valence-electron chi connectivity index (χ3n) is 2.72. The molecule has 94 valence electrons. The summed E-state index contributed by atoms with van der Waals surface area (Å²) in [7, 11) is 3.23. The Morgan fingerprint density at radius 1 is 1.17 bits per heavy atom. The number of ether oxygens (including phenoxy) is 2. The Kier molecular flexibility index (Phi) is 3.79. The lowest BCUT2D eigenvalue weighted by Crippen LogP contribution is -2.00. The van der Waals surface area contributed by atoms with E-state index in [0.717, 1.165) is 16.8 Å². The summed E-state index contributed by atoms with van der Waals surface area (Å²) in [5.41, 5.74) is 8.40. The number of methoxy groups -OCH3 is 2. The van der Waals surface area contributed by atoms with Crippen molar-refractivity contribution >= 4 is 0 Å². The molecule has 0 atom stereocenters. The Hall–Kier alpha value is -2.07. The molecule has 2 N–H and O–H groups in total. The molecule has 18 heavy (non-hydrogen) atoms. The van der Waals surface area contributed by atoms with E-state index >= 15 is 0 Å². The van der Waals surface area contributed by atoms with Gasteiger partial charge >= 0.3 is 0 Å². The van der Waals surface area contributed by atoms with Gasteiger partial charge in [0.25, 0.3) is 0 Å². The van der Waals surface area contributed by atoms with Gasteiger partial charge in [0.2, 0.25) is 0 Å². The van der Waals surface area contributed by atoms with Crippen molar-refractivity contribution in [3.63, 3.8) is 0 Å². The van der Waals surface area contributed by atoms with E-state index in [1.807, 2.05) is 30.3 Å². The van der Waals surface area contributed by atoms with Crippen LogP contribution in [0.5, 0.6) is 11.5 Å². The summed E-state index contributed by atoms with van der Waals surface area (Å²) in [6, 6.07) is 9.59. The molecule has 1 heterocycles. The zero-order valence-electron chi connectivity index (χ0n) is 10.5. The quantitative estimate of drug-likeness (QED) is 0.896. The Bertz CT molecular complexity index is 527. The first-order valence-electron chi connectivity index (χ1n) is 5.66. The summed E-state index contributed by atoms with van der Waals surface area (Å²) >= 11 is 0. The highest BCUT2D eigenvalue weighted by Gasteiger charge is 2.14. The lowest BCUT2D eigenvalue weighted by atomic mass is 10.0. The first kappa shape index (κ1) is 12.4. The predicted molar refractivity (Wildman–Crippen MR) is 70.7 cm³/mol. The minimum atomic E-state index is 0.445. The number of nitrogens with two attached hydrogens (primary N) is 1. The van der Waals surface area contributed by atoms with Gasteiger partial charge in [0, 0.05) is 18.3 Å². The molecule has 0 aliphatic heterocycles. The van der Waals surface area contributed by atoms with Gasteiger partial charge in [-0.3, -0.25) is 4.98 Å². The number of pyridine rings is 1. The first-order chi connectivity index (χ1) is 8.80. The fourth-order valence-electron chi connectivity index (χ4n) is 1.85. The van der Waals surface area contributed by atoms with Crippen LogP contribution >= 0.6 is 0 Å². The van der Waals surface area contributed by atoms with Crippen LogP contribution in [0.1, 0.15) is 5.56 Å². The second-order valence-corrected chi connectivity index (χ2v) is 3.80. The average Bonchev–Trinajstić information content (AvgIpc) is 2.46. The summed E-state index contributed by atoms with van der Waals surface area (Å²) in [5.74, 6) is 1.34. The molecule has 0 amide bonds. The Morgan fingerprint density at radius 3 is 2.56 bits per heavy atom. The van der Waals surface area contributed by atoms with Gasteiger partial charge in [0.15, 0.2) is 11.5 Å². The van der Waals surface area contributed by atoms with Gasteiger partial charge in [-0.15, -0.1) is 0 Å². The van der Waals surface area contributed by atoms with Crippen LogP contribution in [0.3, 0.4) is 0 Å². The number of nitrogens with zero attached hydrogens (tertiary/aromatic N) is 1. The van der Waals surface area contributed by atoms with Crippen LogP contribution in [0.15, 0.2) is 36.5 Å². The highest BCUT2D eigenvalue weighted by atomic mass is 16.5. The molecule has 0 aliphatic rings. The molecular weight excluding hydrogens is 228 g/mol. The van der Waals surface area contributed by atoms with Crippen LogP contribution in [0.4, 0.5) is 0 Å². The zero-order chi connectivity index (χ0) is 13.0. The number of rotatable bonds is 4. The summed E-state index contributed by atoms with van der Waals surface area (Å²) in [6.07, 6.45) is 1.75. The monoisotopic (exact) mass is 244 g/mol. The van der Waals surface area contributed by atoms with Crippen LogP contribution < -0.4 is 15.2 Å². The Morgan fingerprint density at radius 2 is 2.00 bits per heavy atom. The molecular formula is C14H16N2O2. The van der Waals surface area contributed by atoms with Crippen molar-refractivity contribution in [1.29, 1.82) is 0 Å². The Balaban J connectivity index is 2.64. The Labute approximate surface area is 106 Å². The largest absolute Gasteiger partial charge is 0.493 e. The van der Waals surface area contributed by atoms with Crippen LogP contribution in [0.25, 0.3) is 11.3 Å². The molecule has 0 unspecified atom stereocenters. The SMILES string of the molecule is COc1cc(CN)cc(-c2ccccn2)c1OC. The highest BCUT2D eigenvalue weighted by molar-refractivity contribution is 5.72. The fourth-order valence-corrected chi connectivity index (χ4v) is 1.85. The molecule has 4 nitrogen and oxygen atoms in total. The lowest BCUT2D eigenvalue weighted by molar-refractivity contribution is 0.355. The molecule has 2 aromatic rings. The van der Waals surface area contributed by atoms with Crippen LogP contribution in [0, 0.1) is 0 Å². The van der Waals surface area contributed by atoms with Crippen LogP contribution in [-0.2, 0) is 6.54 Å². The van der Waals surface area contributed by atoms with E-state index in [1.165, 1.54) is 0 Å². The summed E-state index contributed by atoms with van der Waals surface area (Å²) in [5, 5.41) is 0. The van der Waals surface area contributed by atoms with Crippen LogP contribution in [0.2, 0.25) is 0 Å². The molecule has 0 aliphatic carbocycles. The first-order valence-corrected chi connectivity index (χ1v) is 5.66. The number of benzene rings is 1. The van der Waals surface area contributed by atoms with Gasteiger partial charge in [0.05, 0.1) is 19.9 Å². The minimum Gasteiger partial charge on any atom is -0.493 e. The maximum absolute atomic E-state index is 5.70. The van der Waals surface area contributed by atoms with Gasteiger partial charge in [0.1, 0.15) is 0 Å². The average molecular weight is 244 g/mol. The normalized spacial score (nSPS) is 10.2. The van der Waals surface area contributed by atoms with E-state index in [-0.39, 0.29) is 0 Å². The number of hydrogen-bond donors (Lipinski definition) is 1. The molecule has 0 spiro atoms. The number of aromatic nitrogens is 1. The maximum atomic E-state index is 5.70. The zero-order valence-corrected chi connectivity index (χ0v) is 10.5. The van der Waals surface area contributed by atoms with E-state index in [1.54, 1.807) is 20.4 Å². The third-order valence-corrected chi connectivity index (χ3v) is 2.72. The molecule has 0 saturated carbocycles. The van der Waals surface area contributed by atoms with Crippen molar-refractivity contribution in [2.75, 3.05) is 14.2 Å². The van der Waals surface area contributed by atoms with Crippen molar-refractivity contribution < 1.29 is 9.47 Å². The van der Waals surface area contributed by atoms with E-state index in [4.69, 9.17) is 15.2 Å². The second kappa shape index (κ2) is 5.51. The molecule has 4 heteroatoms.